The van der Waals surface area contributed by atoms with Gasteiger partial charge in [-0.2, -0.15) is 0 Å². The fourth-order valence-electron chi connectivity index (χ4n) is 2.23. The van der Waals surface area contributed by atoms with Crippen LogP contribution in [0, 0.1) is 6.92 Å². The number of hydrogen-bond donors (Lipinski definition) is 2. The molecule has 1 unspecified atom stereocenters. The summed E-state index contributed by atoms with van der Waals surface area (Å²) >= 11 is 0. The molecule has 1 amide bonds. The van der Waals surface area contributed by atoms with Crippen molar-refractivity contribution in [3.05, 3.63) is 35.6 Å². The lowest BCUT2D eigenvalue weighted by Gasteiger charge is -2.27. The number of amides is 1. The Morgan fingerprint density at radius 3 is 2.80 bits per heavy atom. The Balaban J connectivity index is 2.34. The number of para-hydroxylation sites is 1. The van der Waals surface area contributed by atoms with Gasteiger partial charge in [-0.3, -0.25) is 4.79 Å². The van der Waals surface area contributed by atoms with E-state index in [0.29, 0.717) is 16.9 Å². The molecule has 0 aliphatic carbocycles. The number of carbonyl (C=O) groups excluding carboxylic acids is 1. The van der Waals surface area contributed by atoms with Crippen LogP contribution in [-0.2, 0) is 4.74 Å². The van der Waals surface area contributed by atoms with Gasteiger partial charge in [-0.15, -0.1) is 0 Å². The lowest BCUT2D eigenvalue weighted by atomic mass is 10.0. The third-order valence-electron chi connectivity index (χ3n) is 3.23. The number of furan rings is 1. The topological polar surface area (TPSA) is 71.7 Å². The number of benzene rings is 1. The zero-order chi connectivity index (χ0) is 14.8. The summed E-state index contributed by atoms with van der Waals surface area (Å²) < 4.78 is 10.6. The van der Waals surface area contributed by atoms with Crippen molar-refractivity contribution < 1.29 is 19.1 Å². The molecule has 1 aromatic carbocycles. The van der Waals surface area contributed by atoms with E-state index in [9.17, 15) is 9.90 Å². The van der Waals surface area contributed by atoms with E-state index in [0.717, 1.165) is 5.39 Å². The predicted octanol–water partition coefficient (Wildman–Crippen LogP) is 1.87. The van der Waals surface area contributed by atoms with Crippen LogP contribution in [-0.4, -0.2) is 36.9 Å². The summed E-state index contributed by atoms with van der Waals surface area (Å²) in [6.07, 6.45) is 0. The van der Waals surface area contributed by atoms with Crippen LogP contribution in [0.25, 0.3) is 11.0 Å². The maximum atomic E-state index is 12.5. The van der Waals surface area contributed by atoms with E-state index < -0.39 is 5.54 Å². The van der Waals surface area contributed by atoms with Crippen LogP contribution in [0.1, 0.15) is 23.0 Å². The van der Waals surface area contributed by atoms with Gasteiger partial charge in [0.2, 0.25) is 0 Å². The Bertz CT molecular complexity index is 619. The molecule has 2 rings (SSSR count). The number of aliphatic hydroxyl groups excluding tert-OH is 1. The zero-order valence-corrected chi connectivity index (χ0v) is 11.9. The molecule has 1 aromatic heterocycles. The highest BCUT2D eigenvalue weighted by Crippen LogP contribution is 2.25. The molecule has 0 saturated heterocycles. The number of fused-ring (bicyclic) bond motifs is 1. The highest BCUT2D eigenvalue weighted by Gasteiger charge is 2.28. The van der Waals surface area contributed by atoms with Gasteiger partial charge in [0.05, 0.1) is 24.3 Å². The Morgan fingerprint density at radius 1 is 1.45 bits per heavy atom. The normalized spacial score (nSPS) is 14.2. The Kier molecular flexibility index (Phi) is 4.11. The maximum absolute atomic E-state index is 12.5. The number of methoxy groups -OCH3 is 1. The largest absolute Gasteiger partial charge is 0.461 e. The molecule has 0 spiro atoms. The van der Waals surface area contributed by atoms with Crippen LogP contribution in [0.15, 0.2) is 28.7 Å². The number of ether oxygens (including phenoxy) is 1. The third-order valence-corrected chi connectivity index (χ3v) is 3.23. The number of nitrogens with one attached hydrogen (secondary N) is 1. The average Bonchev–Trinajstić information content (AvgIpc) is 2.74. The molecule has 0 saturated carbocycles. The molecular weight excluding hydrogens is 258 g/mol. The van der Waals surface area contributed by atoms with E-state index in [1.807, 2.05) is 24.3 Å². The van der Waals surface area contributed by atoms with Gasteiger partial charge in [0.25, 0.3) is 5.91 Å². The van der Waals surface area contributed by atoms with Crippen LogP contribution in [0.4, 0.5) is 0 Å². The van der Waals surface area contributed by atoms with Crippen molar-refractivity contribution in [2.75, 3.05) is 20.3 Å². The van der Waals surface area contributed by atoms with E-state index in [1.165, 1.54) is 7.11 Å². The van der Waals surface area contributed by atoms with Gasteiger partial charge in [-0.05, 0) is 19.9 Å². The molecule has 0 radical (unpaired) electrons. The molecule has 20 heavy (non-hydrogen) atoms. The van der Waals surface area contributed by atoms with E-state index in [2.05, 4.69) is 5.32 Å². The molecule has 5 heteroatoms. The summed E-state index contributed by atoms with van der Waals surface area (Å²) in [4.78, 5) is 12.5. The number of carbonyl (C=O) groups is 1. The summed E-state index contributed by atoms with van der Waals surface area (Å²) in [6, 6.07) is 7.37. The second-order valence-electron chi connectivity index (χ2n) is 5.14. The predicted molar refractivity (Wildman–Crippen MR) is 75.8 cm³/mol. The quantitative estimate of drug-likeness (QED) is 0.875. The van der Waals surface area contributed by atoms with Gasteiger partial charge in [0.1, 0.15) is 11.3 Å². The van der Waals surface area contributed by atoms with Gasteiger partial charge in [0.15, 0.2) is 0 Å². The van der Waals surface area contributed by atoms with Gasteiger partial charge in [0, 0.05) is 12.5 Å². The van der Waals surface area contributed by atoms with Crippen LogP contribution < -0.4 is 5.32 Å². The number of aryl methyl sites for hydroxylation is 1. The van der Waals surface area contributed by atoms with Crippen molar-refractivity contribution in [2.24, 2.45) is 0 Å². The van der Waals surface area contributed by atoms with Crippen molar-refractivity contribution in [2.45, 2.75) is 19.4 Å². The molecule has 0 aliphatic rings. The summed E-state index contributed by atoms with van der Waals surface area (Å²) in [5.41, 5.74) is 0.348. The standard InChI is InChI=1S/C15H19NO4/c1-10-13(11-6-4-5-7-12(11)20-10)14(18)16-15(2,8-17)9-19-3/h4-7,17H,8-9H2,1-3H3,(H,16,18). The van der Waals surface area contributed by atoms with Gasteiger partial charge in [-0.25, -0.2) is 0 Å². The van der Waals surface area contributed by atoms with Gasteiger partial charge < -0.3 is 19.6 Å². The summed E-state index contributed by atoms with van der Waals surface area (Å²) in [6.45, 7) is 3.50. The number of rotatable bonds is 5. The molecule has 2 N–H and O–H groups in total. The molecule has 1 heterocycles. The molecule has 5 nitrogen and oxygen atoms in total. The first-order valence-electron chi connectivity index (χ1n) is 6.41. The Hall–Kier alpha value is -1.85. The molecule has 0 aliphatic heterocycles. The first-order chi connectivity index (χ1) is 9.50. The van der Waals surface area contributed by atoms with Gasteiger partial charge in [-0.1, -0.05) is 18.2 Å². The average molecular weight is 277 g/mol. The minimum Gasteiger partial charge on any atom is -0.461 e. The molecule has 0 fully saturated rings. The minimum absolute atomic E-state index is 0.207. The maximum Gasteiger partial charge on any atom is 0.256 e. The molecular formula is C15H19NO4. The second-order valence-corrected chi connectivity index (χ2v) is 5.14. The zero-order valence-electron chi connectivity index (χ0n) is 11.9. The minimum atomic E-state index is -0.823. The first-order valence-corrected chi connectivity index (χ1v) is 6.41. The van der Waals surface area contributed by atoms with Crippen molar-refractivity contribution in [3.63, 3.8) is 0 Å². The van der Waals surface area contributed by atoms with Crippen LogP contribution in [0.3, 0.4) is 0 Å². The monoisotopic (exact) mass is 277 g/mol. The van der Waals surface area contributed by atoms with Crippen LogP contribution in [0.5, 0.6) is 0 Å². The highest BCUT2D eigenvalue weighted by atomic mass is 16.5. The second kappa shape index (κ2) is 5.64. The van der Waals surface area contributed by atoms with E-state index in [4.69, 9.17) is 9.15 Å². The third kappa shape index (κ3) is 2.69. The van der Waals surface area contributed by atoms with Crippen molar-refractivity contribution >= 4 is 16.9 Å². The SMILES string of the molecule is COCC(C)(CO)NC(=O)c1c(C)oc2ccccc12. The van der Waals surface area contributed by atoms with Crippen LogP contribution in [0.2, 0.25) is 0 Å². The Labute approximate surface area is 117 Å². The van der Waals surface area contributed by atoms with Crippen molar-refractivity contribution in [1.29, 1.82) is 0 Å². The van der Waals surface area contributed by atoms with Crippen molar-refractivity contribution in [1.82, 2.24) is 5.32 Å². The summed E-state index contributed by atoms with van der Waals surface area (Å²) in [7, 11) is 1.53. The summed E-state index contributed by atoms with van der Waals surface area (Å²) in [5, 5.41) is 13.0. The van der Waals surface area contributed by atoms with Gasteiger partial charge >= 0.3 is 0 Å². The lowest BCUT2D eigenvalue weighted by molar-refractivity contribution is 0.0597. The van der Waals surface area contributed by atoms with E-state index in [-0.39, 0.29) is 19.1 Å². The Morgan fingerprint density at radius 2 is 2.15 bits per heavy atom. The molecule has 0 bridgehead atoms. The summed E-state index contributed by atoms with van der Waals surface area (Å²) in [5.74, 6) is 0.280. The molecule has 1 atom stereocenters. The van der Waals surface area contributed by atoms with Crippen molar-refractivity contribution in [3.8, 4) is 0 Å². The highest BCUT2D eigenvalue weighted by molar-refractivity contribution is 6.07. The number of aliphatic hydroxyl groups is 1. The molecule has 2 aromatic rings. The van der Waals surface area contributed by atoms with E-state index >= 15 is 0 Å². The fourth-order valence-corrected chi connectivity index (χ4v) is 2.23. The van der Waals surface area contributed by atoms with Crippen LogP contribution >= 0.6 is 0 Å². The molecule has 108 valence electrons. The lowest BCUT2D eigenvalue weighted by Crippen LogP contribution is -2.52. The van der Waals surface area contributed by atoms with E-state index in [1.54, 1.807) is 13.8 Å². The number of hydrogen-bond acceptors (Lipinski definition) is 4. The fraction of sp³-hybridized carbons (Fsp3) is 0.400. The first kappa shape index (κ1) is 14.6. The smallest absolute Gasteiger partial charge is 0.256 e.